The summed E-state index contributed by atoms with van der Waals surface area (Å²) < 4.78 is 0. The number of rotatable bonds is 5. The summed E-state index contributed by atoms with van der Waals surface area (Å²) in [5.41, 5.74) is 1.93. The zero-order valence-electron chi connectivity index (χ0n) is 13.2. The maximum atomic E-state index is 4.84. The molecule has 2 rings (SSSR count). The fraction of sp³-hybridized carbons (Fsp3) is 0.812. The van der Waals surface area contributed by atoms with E-state index in [0.29, 0.717) is 11.5 Å². The maximum absolute atomic E-state index is 4.84. The molecule has 1 aliphatic carbocycles. The molecule has 1 aromatic rings. The van der Waals surface area contributed by atoms with Gasteiger partial charge in [-0.15, -0.1) is 11.3 Å². The van der Waals surface area contributed by atoms with Crippen molar-refractivity contribution in [3.05, 3.63) is 16.1 Å². The topological polar surface area (TPSA) is 24.9 Å². The molecule has 1 fully saturated rings. The lowest BCUT2D eigenvalue weighted by Crippen LogP contribution is -2.34. The summed E-state index contributed by atoms with van der Waals surface area (Å²) in [6.07, 6.45) is 2.44. The second-order valence-electron chi connectivity index (χ2n) is 7.54. The van der Waals surface area contributed by atoms with Gasteiger partial charge in [0.05, 0.1) is 10.7 Å². The van der Waals surface area contributed by atoms with Crippen LogP contribution in [0.15, 0.2) is 5.38 Å². The minimum absolute atomic E-state index is 0.168. The van der Waals surface area contributed by atoms with Crippen molar-refractivity contribution < 1.29 is 0 Å². The standard InChI is InChI=1S/C16H28N2S/c1-7-17-12(11-9-16(11,5)6)8-14-18-13(10-19-14)15(2,3)4/h10-12,17H,7-9H2,1-6H3. The van der Waals surface area contributed by atoms with Crippen LogP contribution in [0.5, 0.6) is 0 Å². The zero-order chi connectivity index (χ0) is 14.3. The first-order valence-corrected chi connectivity index (χ1v) is 8.30. The Morgan fingerprint density at radius 3 is 2.53 bits per heavy atom. The molecule has 0 saturated heterocycles. The van der Waals surface area contributed by atoms with Crippen molar-refractivity contribution in [2.24, 2.45) is 11.3 Å². The van der Waals surface area contributed by atoms with Crippen LogP contribution in [0.3, 0.4) is 0 Å². The Morgan fingerprint density at radius 1 is 1.47 bits per heavy atom. The molecule has 1 aromatic heterocycles. The molecular weight excluding hydrogens is 252 g/mol. The van der Waals surface area contributed by atoms with Gasteiger partial charge in [0.15, 0.2) is 0 Å². The van der Waals surface area contributed by atoms with Crippen LogP contribution in [0.4, 0.5) is 0 Å². The third-order valence-corrected chi connectivity index (χ3v) is 5.13. The molecule has 2 unspecified atom stereocenters. The fourth-order valence-corrected chi connectivity index (χ4v) is 3.83. The number of nitrogens with one attached hydrogen (secondary N) is 1. The van der Waals surface area contributed by atoms with Gasteiger partial charge in [0, 0.05) is 23.3 Å². The molecule has 19 heavy (non-hydrogen) atoms. The van der Waals surface area contributed by atoms with Crippen LogP contribution in [0.1, 0.15) is 58.7 Å². The van der Waals surface area contributed by atoms with E-state index in [4.69, 9.17) is 4.98 Å². The fourth-order valence-electron chi connectivity index (χ4n) is 2.75. The van der Waals surface area contributed by atoms with Crippen molar-refractivity contribution in [2.75, 3.05) is 6.54 Å². The summed E-state index contributed by atoms with van der Waals surface area (Å²) in [5.74, 6) is 0.814. The van der Waals surface area contributed by atoms with Gasteiger partial charge in [0.1, 0.15) is 0 Å². The predicted molar refractivity (Wildman–Crippen MR) is 83.9 cm³/mol. The molecule has 0 amide bonds. The summed E-state index contributed by atoms with van der Waals surface area (Å²) in [6.45, 7) is 14.7. The molecule has 2 atom stereocenters. The molecule has 2 nitrogen and oxygen atoms in total. The van der Waals surface area contributed by atoms with Crippen LogP contribution >= 0.6 is 11.3 Å². The minimum atomic E-state index is 0.168. The van der Waals surface area contributed by atoms with Crippen LogP contribution in [0, 0.1) is 11.3 Å². The van der Waals surface area contributed by atoms with E-state index in [9.17, 15) is 0 Å². The van der Waals surface area contributed by atoms with E-state index < -0.39 is 0 Å². The van der Waals surface area contributed by atoms with E-state index in [-0.39, 0.29) is 5.41 Å². The summed E-state index contributed by atoms with van der Waals surface area (Å²) in [6, 6.07) is 0.596. The Labute approximate surface area is 122 Å². The van der Waals surface area contributed by atoms with Crippen LogP contribution in [0.25, 0.3) is 0 Å². The van der Waals surface area contributed by atoms with E-state index in [1.165, 1.54) is 17.1 Å². The van der Waals surface area contributed by atoms with Gasteiger partial charge in [0.25, 0.3) is 0 Å². The number of hydrogen-bond donors (Lipinski definition) is 1. The van der Waals surface area contributed by atoms with E-state index in [1.807, 2.05) is 11.3 Å². The molecule has 0 radical (unpaired) electrons. The zero-order valence-corrected chi connectivity index (χ0v) is 14.0. The van der Waals surface area contributed by atoms with Gasteiger partial charge in [-0.25, -0.2) is 4.98 Å². The Kier molecular flexibility index (Phi) is 4.08. The second kappa shape index (κ2) is 5.17. The van der Waals surface area contributed by atoms with Crippen LogP contribution in [-0.2, 0) is 11.8 Å². The van der Waals surface area contributed by atoms with Crippen molar-refractivity contribution in [2.45, 2.75) is 65.8 Å². The molecule has 1 N–H and O–H groups in total. The molecule has 3 heteroatoms. The molecule has 0 spiro atoms. The lowest BCUT2D eigenvalue weighted by Gasteiger charge is -2.19. The minimum Gasteiger partial charge on any atom is -0.314 e. The summed E-state index contributed by atoms with van der Waals surface area (Å²) >= 11 is 1.82. The first-order valence-electron chi connectivity index (χ1n) is 7.42. The highest BCUT2D eigenvalue weighted by molar-refractivity contribution is 7.09. The Bertz CT molecular complexity index is 428. The molecule has 1 saturated carbocycles. The van der Waals surface area contributed by atoms with E-state index in [0.717, 1.165) is 18.9 Å². The maximum Gasteiger partial charge on any atom is 0.0944 e. The third-order valence-electron chi connectivity index (χ3n) is 4.26. The molecular formula is C16H28N2S. The van der Waals surface area contributed by atoms with Gasteiger partial charge in [0.2, 0.25) is 0 Å². The third kappa shape index (κ3) is 3.57. The lowest BCUT2D eigenvalue weighted by molar-refractivity contribution is 0.408. The molecule has 1 aliphatic rings. The Morgan fingerprint density at radius 2 is 2.11 bits per heavy atom. The monoisotopic (exact) mass is 280 g/mol. The molecule has 1 heterocycles. The van der Waals surface area contributed by atoms with E-state index in [1.54, 1.807) is 0 Å². The van der Waals surface area contributed by atoms with Gasteiger partial charge >= 0.3 is 0 Å². The summed E-state index contributed by atoms with van der Waals surface area (Å²) in [7, 11) is 0. The summed E-state index contributed by atoms with van der Waals surface area (Å²) in [4.78, 5) is 4.84. The summed E-state index contributed by atoms with van der Waals surface area (Å²) in [5, 5.41) is 7.19. The highest BCUT2D eigenvalue weighted by Crippen LogP contribution is 2.54. The first-order chi connectivity index (χ1) is 8.74. The van der Waals surface area contributed by atoms with Crippen molar-refractivity contribution in [1.29, 1.82) is 0 Å². The highest BCUT2D eigenvalue weighted by Gasteiger charge is 2.49. The SMILES string of the molecule is CCNC(Cc1nc(C(C)(C)C)cs1)C1CC1(C)C. The van der Waals surface area contributed by atoms with Crippen LogP contribution < -0.4 is 5.32 Å². The quantitative estimate of drug-likeness (QED) is 0.881. The predicted octanol–water partition coefficient (Wildman–Crippen LogP) is 4.01. The van der Waals surface area contributed by atoms with E-state index >= 15 is 0 Å². The highest BCUT2D eigenvalue weighted by atomic mass is 32.1. The molecule has 0 aromatic carbocycles. The van der Waals surface area contributed by atoms with Gasteiger partial charge in [-0.2, -0.15) is 0 Å². The Balaban J connectivity index is 2.04. The number of hydrogen-bond acceptors (Lipinski definition) is 3. The van der Waals surface area contributed by atoms with Gasteiger partial charge in [-0.1, -0.05) is 41.5 Å². The molecule has 0 bridgehead atoms. The smallest absolute Gasteiger partial charge is 0.0944 e. The number of likely N-dealkylation sites (N-methyl/N-ethyl adjacent to an activating group) is 1. The Hall–Kier alpha value is -0.410. The number of aromatic nitrogens is 1. The van der Waals surface area contributed by atoms with Crippen LogP contribution in [0.2, 0.25) is 0 Å². The van der Waals surface area contributed by atoms with Crippen molar-refractivity contribution in [3.8, 4) is 0 Å². The lowest BCUT2D eigenvalue weighted by atomic mass is 9.93. The normalized spacial score (nSPS) is 23.4. The number of thiazole rings is 1. The van der Waals surface area contributed by atoms with Crippen molar-refractivity contribution >= 4 is 11.3 Å². The van der Waals surface area contributed by atoms with Crippen molar-refractivity contribution in [1.82, 2.24) is 10.3 Å². The number of nitrogens with zero attached hydrogens (tertiary/aromatic N) is 1. The average molecular weight is 280 g/mol. The first kappa shape index (κ1) is 15.0. The van der Waals surface area contributed by atoms with E-state index in [2.05, 4.69) is 52.2 Å². The average Bonchev–Trinajstić information content (AvgIpc) is 2.73. The van der Waals surface area contributed by atoms with Gasteiger partial charge < -0.3 is 5.32 Å². The second-order valence-corrected chi connectivity index (χ2v) is 8.49. The van der Waals surface area contributed by atoms with Gasteiger partial charge in [-0.3, -0.25) is 0 Å². The van der Waals surface area contributed by atoms with Crippen molar-refractivity contribution in [3.63, 3.8) is 0 Å². The van der Waals surface area contributed by atoms with Gasteiger partial charge in [-0.05, 0) is 24.3 Å². The van der Waals surface area contributed by atoms with Crippen LogP contribution in [-0.4, -0.2) is 17.6 Å². The molecule has 0 aliphatic heterocycles. The largest absolute Gasteiger partial charge is 0.314 e. The molecule has 108 valence electrons.